The van der Waals surface area contributed by atoms with E-state index in [1.807, 2.05) is 19.1 Å². The van der Waals surface area contributed by atoms with Gasteiger partial charge in [0.1, 0.15) is 6.29 Å². The molecule has 76 valence electrons. The van der Waals surface area contributed by atoms with E-state index >= 15 is 0 Å². The number of aldehydes is 1. The first kappa shape index (κ1) is 10.9. The van der Waals surface area contributed by atoms with Crippen molar-refractivity contribution in [1.82, 2.24) is 0 Å². The van der Waals surface area contributed by atoms with Gasteiger partial charge >= 0.3 is 0 Å². The minimum atomic E-state index is -0.347. The van der Waals surface area contributed by atoms with Crippen LogP contribution in [0.3, 0.4) is 0 Å². The SMILES string of the molecule is CCOC(OC)c1ccc(C=O)cc1. The third-order valence-electron chi connectivity index (χ3n) is 1.88. The first-order valence-corrected chi connectivity index (χ1v) is 4.51. The van der Waals surface area contributed by atoms with E-state index in [1.54, 1.807) is 19.2 Å². The van der Waals surface area contributed by atoms with Crippen LogP contribution in [0, 0.1) is 0 Å². The summed E-state index contributed by atoms with van der Waals surface area (Å²) in [6.45, 7) is 2.50. The summed E-state index contributed by atoms with van der Waals surface area (Å²) >= 11 is 0. The lowest BCUT2D eigenvalue weighted by Crippen LogP contribution is -2.06. The zero-order chi connectivity index (χ0) is 10.4. The maximum absolute atomic E-state index is 10.4. The summed E-state index contributed by atoms with van der Waals surface area (Å²) < 4.78 is 10.5. The monoisotopic (exact) mass is 194 g/mol. The normalized spacial score (nSPS) is 12.4. The Morgan fingerprint density at radius 1 is 1.36 bits per heavy atom. The molecule has 1 unspecified atom stereocenters. The minimum Gasteiger partial charge on any atom is -0.352 e. The number of rotatable bonds is 5. The minimum absolute atomic E-state index is 0.347. The average Bonchev–Trinajstić information content (AvgIpc) is 2.26. The van der Waals surface area contributed by atoms with Crippen LogP contribution in [-0.2, 0) is 9.47 Å². The topological polar surface area (TPSA) is 35.5 Å². The van der Waals surface area contributed by atoms with Crippen molar-refractivity contribution in [3.63, 3.8) is 0 Å². The molecule has 0 aliphatic rings. The Balaban J connectivity index is 2.77. The van der Waals surface area contributed by atoms with Gasteiger partial charge in [-0.1, -0.05) is 24.3 Å². The van der Waals surface area contributed by atoms with Crippen LogP contribution in [0.5, 0.6) is 0 Å². The van der Waals surface area contributed by atoms with Crippen molar-refractivity contribution < 1.29 is 14.3 Å². The number of hydrogen-bond donors (Lipinski definition) is 0. The molecule has 3 nitrogen and oxygen atoms in total. The van der Waals surface area contributed by atoms with Gasteiger partial charge in [-0.3, -0.25) is 4.79 Å². The quantitative estimate of drug-likeness (QED) is 0.532. The number of benzene rings is 1. The zero-order valence-corrected chi connectivity index (χ0v) is 8.40. The lowest BCUT2D eigenvalue weighted by molar-refractivity contribution is -0.124. The molecule has 0 heterocycles. The molecule has 0 fully saturated rings. The Bertz CT molecular complexity index is 279. The van der Waals surface area contributed by atoms with Crippen LogP contribution in [0.25, 0.3) is 0 Å². The molecule has 3 heteroatoms. The van der Waals surface area contributed by atoms with E-state index in [0.29, 0.717) is 12.2 Å². The molecule has 1 atom stereocenters. The molecule has 1 aromatic rings. The fourth-order valence-electron chi connectivity index (χ4n) is 1.18. The predicted molar refractivity (Wildman–Crippen MR) is 53.2 cm³/mol. The summed E-state index contributed by atoms with van der Waals surface area (Å²) in [4.78, 5) is 10.4. The average molecular weight is 194 g/mol. The summed E-state index contributed by atoms with van der Waals surface area (Å²) in [5.41, 5.74) is 1.57. The Labute approximate surface area is 83.6 Å². The molecule has 0 radical (unpaired) electrons. The van der Waals surface area contributed by atoms with Crippen molar-refractivity contribution in [3.05, 3.63) is 35.4 Å². The van der Waals surface area contributed by atoms with Gasteiger partial charge in [-0.25, -0.2) is 0 Å². The summed E-state index contributed by atoms with van der Waals surface area (Å²) in [5.74, 6) is 0. The third kappa shape index (κ3) is 2.65. The molecule has 1 aromatic carbocycles. The van der Waals surface area contributed by atoms with Gasteiger partial charge in [0, 0.05) is 24.8 Å². The molecule has 0 aliphatic carbocycles. The van der Waals surface area contributed by atoms with E-state index in [0.717, 1.165) is 11.8 Å². The summed E-state index contributed by atoms with van der Waals surface area (Å²) in [5, 5.41) is 0. The van der Waals surface area contributed by atoms with Gasteiger partial charge in [0.25, 0.3) is 0 Å². The Morgan fingerprint density at radius 2 is 2.00 bits per heavy atom. The van der Waals surface area contributed by atoms with Gasteiger partial charge in [-0.15, -0.1) is 0 Å². The van der Waals surface area contributed by atoms with Crippen molar-refractivity contribution in [1.29, 1.82) is 0 Å². The van der Waals surface area contributed by atoms with Gasteiger partial charge in [-0.2, -0.15) is 0 Å². The second-order valence-electron chi connectivity index (χ2n) is 2.81. The van der Waals surface area contributed by atoms with Crippen molar-refractivity contribution in [2.24, 2.45) is 0 Å². The fourth-order valence-corrected chi connectivity index (χ4v) is 1.18. The predicted octanol–water partition coefficient (Wildman–Crippen LogP) is 2.18. The molecule has 0 aliphatic heterocycles. The molecule has 14 heavy (non-hydrogen) atoms. The van der Waals surface area contributed by atoms with Crippen molar-refractivity contribution in [2.45, 2.75) is 13.2 Å². The number of hydrogen-bond acceptors (Lipinski definition) is 3. The third-order valence-corrected chi connectivity index (χ3v) is 1.88. The fraction of sp³-hybridized carbons (Fsp3) is 0.364. The van der Waals surface area contributed by atoms with Crippen LogP contribution < -0.4 is 0 Å². The van der Waals surface area contributed by atoms with Gasteiger partial charge in [0.2, 0.25) is 0 Å². The van der Waals surface area contributed by atoms with Crippen LogP contribution in [-0.4, -0.2) is 20.0 Å². The molecule has 0 amide bonds. The van der Waals surface area contributed by atoms with Gasteiger partial charge in [0.15, 0.2) is 6.29 Å². The maximum Gasteiger partial charge on any atom is 0.183 e. The lowest BCUT2D eigenvalue weighted by atomic mass is 10.1. The maximum atomic E-state index is 10.4. The summed E-state index contributed by atoms with van der Waals surface area (Å²) in [7, 11) is 1.59. The Kier molecular flexibility index (Phi) is 4.29. The first-order valence-electron chi connectivity index (χ1n) is 4.51. The van der Waals surface area contributed by atoms with E-state index in [2.05, 4.69) is 0 Å². The smallest absolute Gasteiger partial charge is 0.183 e. The molecule has 1 rings (SSSR count). The highest BCUT2D eigenvalue weighted by molar-refractivity contribution is 5.74. The van der Waals surface area contributed by atoms with E-state index in [1.165, 1.54) is 0 Å². The molecular formula is C11H14O3. The molecule has 0 spiro atoms. The Morgan fingerprint density at radius 3 is 2.43 bits per heavy atom. The summed E-state index contributed by atoms with van der Waals surface area (Å²) in [6, 6.07) is 7.14. The molecule has 0 N–H and O–H groups in total. The molecular weight excluding hydrogens is 180 g/mol. The largest absolute Gasteiger partial charge is 0.352 e. The number of methoxy groups -OCH3 is 1. The van der Waals surface area contributed by atoms with Gasteiger partial charge in [0.05, 0.1) is 0 Å². The van der Waals surface area contributed by atoms with Crippen molar-refractivity contribution in [2.75, 3.05) is 13.7 Å². The van der Waals surface area contributed by atoms with Gasteiger partial charge < -0.3 is 9.47 Å². The number of carbonyl (C=O) groups excluding carboxylic acids is 1. The van der Waals surface area contributed by atoms with Crippen LogP contribution in [0.15, 0.2) is 24.3 Å². The molecule has 0 aromatic heterocycles. The van der Waals surface area contributed by atoms with E-state index < -0.39 is 0 Å². The molecule has 0 saturated carbocycles. The highest BCUT2D eigenvalue weighted by Gasteiger charge is 2.08. The Hall–Kier alpha value is -1.19. The number of ether oxygens (including phenoxy) is 2. The van der Waals surface area contributed by atoms with Crippen molar-refractivity contribution >= 4 is 6.29 Å². The molecule has 0 saturated heterocycles. The lowest BCUT2D eigenvalue weighted by Gasteiger charge is -2.15. The van der Waals surface area contributed by atoms with E-state index in [4.69, 9.17) is 9.47 Å². The van der Waals surface area contributed by atoms with E-state index in [9.17, 15) is 4.79 Å². The van der Waals surface area contributed by atoms with Crippen LogP contribution in [0.2, 0.25) is 0 Å². The standard InChI is InChI=1S/C11H14O3/c1-3-14-11(13-2)10-6-4-9(8-12)5-7-10/h4-8,11H,3H2,1-2H3. The van der Waals surface area contributed by atoms with Crippen LogP contribution in [0.4, 0.5) is 0 Å². The highest BCUT2D eigenvalue weighted by atomic mass is 16.7. The first-order chi connectivity index (χ1) is 6.81. The second-order valence-corrected chi connectivity index (χ2v) is 2.81. The zero-order valence-electron chi connectivity index (χ0n) is 8.40. The summed E-state index contributed by atoms with van der Waals surface area (Å²) in [6.07, 6.45) is 0.465. The highest BCUT2D eigenvalue weighted by Crippen LogP contribution is 2.17. The van der Waals surface area contributed by atoms with Crippen molar-refractivity contribution in [3.8, 4) is 0 Å². The van der Waals surface area contributed by atoms with Gasteiger partial charge in [-0.05, 0) is 6.92 Å². The number of carbonyl (C=O) groups is 1. The second kappa shape index (κ2) is 5.52. The van der Waals surface area contributed by atoms with E-state index in [-0.39, 0.29) is 6.29 Å². The molecule has 0 bridgehead atoms. The van der Waals surface area contributed by atoms with Crippen LogP contribution in [0.1, 0.15) is 29.1 Å². The van der Waals surface area contributed by atoms with Crippen LogP contribution >= 0.6 is 0 Å².